The zero-order valence-electron chi connectivity index (χ0n) is 17.4. The topological polar surface area (TPSA) is 25.8 Å². The van der Waals surface area contributed by atoms with E-state index in [1.165, 1.54) is 24.3 Å². The normalized spacial score (nSPS) is 9.43. The highest BCUT2D eigenvalue weighted by Gasteiger charge is 1.99. The molecule has 0 spiro atoms. The van der Waals surface area contributed by atoms with Gasteiger partial charge in [-0.3, -0.25) is 9.97 Å². The van der Waals surface area contributed by atoms with Gasteiger partial charge >= 0.3 is 0 Å². The molecule has 2 aromatic carbocycles. The van der Waals surface area contributed by atoms with Gasteiger partial charge in [0.25, 0.3) is 0 Å². The van der Waals surface area contributed by atoms with Crippen molar-refractivity contribution < 1.29 is 8.78 Å². The summed E-state index contributed by atoms with van der Waals surface area (Å²) in [6.45, 7) is 11.9. The molecular weight excluding hydrogens is 354 g/mol. The lowest BCUT2D eigenvalue weighted by Crippen LogP contribution is -1.83. The molecule has 4 heteroatoms. The van der Waals surface area contributed by atoms with Gasteiger partial charge in [-0.1, -0.05) is 27.7 Å². The molecule has 0 unspecified atom stereocenters. The minimum Gasteiger partial charge on any atom is -0.256 e. The molecule has 0 saturated carbocycles. The van der Waals surface area contributed by atoms with Crippen LogP contribution >= 0.6 is 0 Å². The van der Waals surface area contributed by atoms with Crippen LogP contribution in [-0.2, 0) is 0 Å². The molecule has 0 bridgehead atoms. The summed E-state index contributed by atoms with van der Waals surface area (Å²) in [6.07, 6.45) is 3.42. The second-order valence-electron chi connectivity index (χ2n) is 5.58. The molecule has 2 nitrogen and oxygen atoms in total. The molecule has 0 aliphatic heterocycles. The van der Waals surface area contributed by atoms with E-state index in [-0.39, 0.29) is 11.6 Å². The van der Waals surface area contributed by atoms with Crippen LogP contribution in [0.4, 0.5) is 8.78 Å². The fraction of sp³-hybridized carbons (Fsp3) is 0.250. The first-order valence-electron chi connectivity index (χ1n) is 9.56. The van der Waals surface area contributed by atoms with E-state index >= 15 is 0 Å². The van der Waals surface area contributed by atoms with Crippen LogP contribution in [0, 0.1) is 25.5 Å². The SMILES string of the molecule is CC.CC.Cc1ccnc2cc(F)ccc12.Cc1ccnc2ccc(F)cc12. The van der Waals surface area contributed by atoms with E-state index < -0.39 is 0 Å². The molecule has 0 radical (unpaired) electrons. The number of nitrogens with zero attached hydrogens (tertiary/aromatic N) is 2. The average Bonchev–Trinajstić information content (AvgIpc) is 2.72. The third-order valence-corrected chi connectivity index (χ3v) is 3.84. The van der Waals surface area contributed by atoms with Gasteiger partial charge in [0.05, 0.1) is 11.0 Å². The van der Waals surface area contributed by atoms with E-state index in [0.717, 1.165) is 32.9 Å². The minimum absolute atomic E-state index is 0.210. The summed E-state index contributed by atoms with van der Waals surface area (Å²) in [5.41, 5.74) is 3.74. The Hall–Kier alpha value is -2.88. The Kier molecular flexibility index (Phi) is 9.72. The lowest BCUT2D eigenvalue weighted by molar-refractivity contribution is 0.629. The largest absolute Gasteiger partial charge is 0.256 e. The average molecular weight is 382 g/mol. The van der Waals surface area contributed by atoms with Crippen LogP contribution in [-0.4, -0.2) is 9.97 Å². The maximum absolute atomic E-state index is 12.8. The fourth-order valence-corrected chi connectivity index (χ4v) is 2.52. The number of hydrogen-bond acceptors (Lipinski definition) is 2. The second-order valence-corrected chi connectivity index (χ2v) is 5.58. The molecule has 28 heavy (non-hydrogen) atoms. The van der Waals surface area contributed by atoms with Crippen molar-refractivity contribution in [3.63, 3.8) is 0 Å². The predicted octanol–water partition coefficient (Wildman–Crippen LogP) is 7.42. The smallest absolute Gasteiger partial charge is 0.125 e. The van der Waals surface area contributed by atoms with E-state index in [4.69, 9.17) is 0 Å². The summed E-state index contributed by atoms with van der Waals surface area (Å²) in [7, 11) is 0. The van der Waals surface area contributed by atoms with Crippen molar-refractivity contribution in [1.29, 1.82) is 0 Å². The highest BCUT2D eigenvalue weighted by molar-refractivity contribution is 5.82. The summed E-state index contributed by atoms with van der Waals surface area (Å²) in [5, 5.41) is 1.90. The van der Waals surface area contributed by atoms with Crippen LogP contribution in [0.15, 0.2) is 60.9 Å². The highest BCUT2D eigenvalue weighted by atomic mass is 19.1. The molecule has 0 saturated heterocycles. The Morgan fingerprint density at radius 2 is 1.07 bits per heavy atom. The molecule has 0 aliphatic rings. The van der Waals surface area contributed by atoms with Gasteiger partial charge in [-0.15, -0.1) is 0 Å². The number of hydrogen-bond donors (Lipinski definition) is 0. The van der Waals surface area contributed by atoms with Crippen LogP contribution in [0.25, 0.3) is 21.8 Å². The first-order valence-corrected chi connectivity index (χ1v) is 9.56. The number of halogens is 2. The van der Waals surface area contributed by atoms with Crippen LogP contribution < -0.4 is 0 Å². The first kappa shape index (κ1) is 23.2. The van der Waals surface area contributed by atoms with E-state index in [1.807, 2.05) is 53.7 Å². The summed E-state index contributed by atoms with van der Waals surface area (Å²) in [4.78, 5) is 8.18. The lowest BCUT2D eigenvalue weighted by atomic mass is 10.1. The highest BCUT2D eigenvalue weighted by Crippen LogP contribution is 2.17. The van der Waals surface area contributed by atoms with Gasteiger partial charge in [0.15, 0.2) is 0 Å². The van der Waals surface area contributed by atoms with Gasteiger partial charge in [-0.2, -0.15) is 0 Å². The van der Waals surface area contributed by atoms with Gasteiger partial charge in [-0.05, 0) is 67.4 Å². The molecule has 4 rings (SSSR count). The summed E-state index contributed by atoms with van der Waals surface area (Å²) in [6, 6.07) is 13.1. The predicted molar refractivity (Wildman–Crippen MR) is 116 cm³/mol. The maximum Gasteiger partial charge on any atom is 0.125 e. The van der Waals surface area contributed by atoms with Crippen LogP contribution in [0.2, 0.25) is 0 Å². The number of aryl methyl sites for hydroxylation is 2. The summed E-state index contributed by atoms with van der Waals surface area (Å²) >= 11 is 0. The molecular formula is C24H28F2N2. The molecule has 2 heterocycles. The Morgan fingerprint density at radius 1 is 0.571 bits per heavy atom. The molecule has 0 atom stereocenters. The third kappa shape index (κ3) is 6.08. The van der Waals surface area contributed by atoms with Crippen molar-refractivity contribution in [2.45, 2.75) is 41.5 Å². The van der Waals surface area contributed by atoms with E-state index in [0.29, 0.717) is 0 Å². The van der Waals surface area contributed by atoms with Gasteiger partial charge in [0.1, 0.15) is 11.6 Å². The number of pyridine rings is 2. The Bertz CT molecular complexity index is 1010. The van der Waals surface area contributed by atoms with Gasteiger partial charge in [-0.25, -0.2) is 8.78 Å². The van der Waals surface area contributed by atoms with E-state index in [1.54, 1.807) is 24.5 Å². The molecule has 4 aromatic rings. The quantitative estimate of drug-likeness (QED) is 0.316. The summed E-state index contributed by atoms with van der Waals surface area (Å²) < 4.78 is 25.5. The van der Waals surface area contributed by atoms with Crippen molar-refractivity contribution in [2.75, 3.05) is 0 Å². The van der Waals surface area contributed by atoms with E-state index in [9.17, 15) is 8.78 Å². The number of aromatic nitrogens is 2. The van der Waals surface area contributed by atoms with Crippen molar-refractivity contribution in [2.24, 2.45) is 0 Å². The first-order chi connectivity index (χ1) is 13.5. The molecule has 0 amide bonds. The molecule has 2 aromatic heterocycles. The Morgan fingerprint density at radius 3 is 1.71 bits per heavy atom. The van der Waals surface area contributed by atoms with Crippen molar-refractivity contribution >= 4 is 21.8 Å². The zero-order chi connectivity index (χ0) is 21.1. The summed E-state index contributed by atoms with van der Waals surface area (Å²) in [5.74, 6) is -0.445. The number of benzene rings is 2. The minimum atomic E-state index is -0.236. The standard InChI is InChI=1S/2C10H8FN.2C2H6/c1-7-4-5-12-10-3-2-8(11)6-9(7)10;1-7-4-5-12-10-6-8(11)2-3-9(7)10;2*1-2/h2*2-6H,1H3;2*1-2H3. The lowest BCUT2D eigenvalue weighted by Gasteiger charge is -1.99. The van der Waals surface area contributed by atoms with Crippen LogP contribution in [0.5, 0.6) is 0 Å². The van der Waals surface area contributed by atoms with Crippen molar-refractivity contribution in [3.05, 3.63) is 83.7 Å². The second kappa shape index (κ2) is 11.8. The Balaban J connectivity index is 0.000000238. The number of fused-ring (bicyclic) bond motifs is 2. The van der Waals surface area contributed by atoms with Gasteiger partial charge < -0.3 is 0 Å². The monoisotopic (exact) mass is 382 g/mol. The van der Waals surface area contributed by atoms with Gasteiger partial charge in [0, 0.05) is 29.2 Å². The molecule has 0 fully saturated rings. The van der Waals surface area contributed by atoms with Crippen LogP contribution in [0.3, 0.4) is 0 Å². The number of rotatable bonds is 0. The van der Waals surface area contributed by atoms with Crippen molar-refractivity contribution in [1.82, 2.24) is 9.97 Å². The maximum atomic E-state index is 12.8. The fourth-order valence-electron chi connectivity index (χ4n) is 2.52. The van der Waals surface area contributed by atoms with Crippen LogP contribution in [0.1, 0.15) is 38.8 Å². The van der Waals surface area contributed by atoms with Gasteiger partial charge in [0.2, 0.25) is 0 Å². The molecule has 0 aliphatic carbocycles. The zero-order valence-corrected chi connectivity index (χ0v) is 17.4. The third-order valence-electron chi connectivity index (χ3n) is 3.84. The molecule has 148 valence electrons. The Labute approximate surface area is 166 Å². The van der Waals surface area contributed by atoms with Crippen molar-refractivity contribution in [3.8, 4) is 0 Å². The van der Waals surface area contributed by atoms with E-state index in [2.05, 4.69) is 9.97 Å². The molecule has 0 N–H and O–H groups in total.